The second-order valence-electron chi connectivity index (χ2n) is 7.73. The van der Waals surface area contributed by atoms with Crippen LogP contribution in [0.25, 0.3) is 11.1 Å². The number of benzene rings is 3. The van der Waals surface area contributed by atoms with Gasteiger partial charge in [0.05, 0.1) is 12.6 Å². The lowest BCUT2D eigenvalue weighted by Gasteiger charge is -2.19. The van der Waals surface area contributed by atoms with Gasteiger partial charge in [-0.25, -0.2) is 9.87 Å². The Bertz CT molecular complexity index is 1170. The summed E-state index contributed by atoms with van der Waals surface area (Å²) in [6.07, 6.45) is -1.21. The quantitative estimate of drug-likeness (QED) is 0.206. The monoisotopic (exact) mass is 480 g/mol. The summed E-state index contributed by atoms with van der Waals surface area (Å²) in [5.74, 6) is -2.13. The van der Waals surface area contributed by atoms with E-state index in [-0.39, 0.29) is 23.8 Å². The maximum Gasteiger partial charge on any atom is 0.268 e. The van der Waals surface area contributed by atoms with Gasteiger partial charge in [0, 0.05) is 16.9 Å². The molecule has 3 aromatic rings. The first-order chi connectivity index (χ1) is 16.8. The average Bonchev–Trinajstić information content (AvgIpc) is 2.86. The van der Waals surface area contributed by atoms with Crippen LogP contribution in [-0.4, -0.2) is 46.7 Å². The van der Waals surface area contributed by atoms with Crippen molar-refractivity contribution in [2.24, 2.45) is 0 Å². The molecule has 0 saturated heterocycles. The summed E-state index contributed by atoms with van der Waals surface area (Å²) >= 11 is 0. The van der Waals surface area contributed by atoms with E-state index in [0.717, 1.165) is 11.1 Å². The standard InChI is InChI=1S/C25H25FN4O5/c1-15(31)23(25(34)30-35)29-24(33)18-4-2-16(3-5-18)17-6-10-21(11-7-17)28-22(32)14-27-20-12-8-19(26)9-13-20/h2-13,15,23,27,31,35H,14H2,1H3,(H,28,32)(H,29,33)(H,30,34)/t15-,23+/m1/s1. The minimum absolute atomic E-state index is 0.0206. The van der Waals surface area contributed by atoms with Crippen LogP contribution in [0.2, 0.25) is 0 Å². The van der Waals surface area contributed by atoms with Gasteiger partial charge in [-0.1, -0.05) is 24.3 Å². The van der Waals surface area contributed by atoms with Crippen LogP contribution in [0.15, 0.2) is 72.8 Å². The summed E-state index contributed by atoms with van der Waals surface area (Å²) in [6.45, 7) is 1.34. The van der Waals surface area contributed by atoms with E-state index < -0.39 is 24.0 Å². The van der Waals surface area contributed by atoms with Gasteiger partial charge in [-0.05, 0) is 66.6 Å². The van der Waals surface area contributed by atoms with Crippen LogP contribution in [-0.2, 0) is 9.59 Å². The van der Waals surface area contributed by atoms with E-state index in [1.165, 1.54) is 24.5 Å². The molecule has 0 aliphatic heterocycles. The number of hydrogen-bond donors (Lipinski definition) is 6. The van der Waals surface area contributed by atoms with Crippen molar-refractivity contribution >= 4 is 29.1 Å². The zero-order valence-corrected chi connectivity index (χ0v) is 18.8. The van der Waals surface area contributed by atoms with E-state index in [0.29, 0.717) is 11.4 Å². The van der Waals surface area contributed by atoms with Gasteiger partial charge in [-0.3, -0.25) is 19.6 Å². The number of aliphatic hydroxyl groups excluding tert-OH is 1. The van der Waals surface area contributed by atoms with Gasteiger partial charge >= 0.3 is 0 Å². The SMILES string of the molecule is C[C@@H](O)[C@H](NC(=O)c1ccc(-c2ccc(NC(=O)CNc3ccc(F)cc3)cc2)cc1)C(=O)NO. The third-order valence-electron chi connectivity index (χ3n) is 5.11. The highest BCUT2D eigenvalue weighted by atomic mass is 19.1. The predicted octanol–water partition coefficient (Wildman–Crippen LogP) is 2.53. The van der Waals surface area contributed by atoms with Crippen molar-refractivity contribution < 1.29 is 29.1 Å². The van der Waals surface area contributed by atoms with Gasteiger partial charge in [0.15, 0.2) is 0 Å². The van der Waals surface area contributed by atoms with E-state index in [1.807, 2.05) is 12.1 Å². The Morgan fingerprint density at radius 2 is 1.40 bits per heavy atom. The molecule has 182 valence electrons. The molecule has 0 aliphatic carbocycles. The van der Waals surface area contributed by atoms with Crippen LogP contribution in [0.4, 0.5) is 15.8 Å². The summed E-state index contributed by atoms with van der Waals surface area (Å²) in [6, 6.07) is 18.1. The summed E-state index contributed by atoms with van der Waals surface area (Å²) in [7, 11) is 0. The highest BCUT2D eigenvalue weighted by molar-refractivity contribution is 5.98. The molecule has 3 aromatic carbocycles. The third-order valence-corrected chi connectivity index (χ3v) is 5.11. The Morgan fingerprint density at radius 1 is 0.857 bits per heavy atom. The number of rotatable bonds is 9. The normalized spacial score (nSPS) is 12.2. The number of carbonyl (C=O) groups excluding carboxylic acids is 3. The molecule has 0 aromatic heterocycles. The molecule has 0 spiro atoms. The number of hydrogen-bond acceptors (Lipinski definition) is 6. The fraction of sp³-hybridized carbons (Fsp3) is 0.160. The summed E-state index contributed by atoms with van der Waals surface area (Å²) in [5, 5.41) is 26.4. The molecule has 6 N–H and O–H groups in total. The molecule has 0 unspecified atom stereocenters. The number of aliphatic hydroxyl groups is 1. The third kappa shape index (κ3) is 7.10. The Hall–Kier alpha value is -4.28. The summed E-state index contributed by atoms with van der Waals surface area (Å²) < 4.78 is 12.9. The Labute approximate surface area is 200 Å². The number of nitrogens with one attached hydrogen (secondary N) is 4. The number of halogens is 1. The summed E-state index contributed by atoms with van der Waals surface area (Å²) in [4.78, 5) is 36.1. The van der Waals surface area contributed by atoms with Crippen molar-refractivity contribution in [2.45, 2.75) is 19.1 Å². The maximum absolute atomic E-state index is 12.9. The molecule has 9 nitrogen and oxygen atoms in total. The number of amides is 3. The molecule has 0 heterocycles. The molecule has 0 fully saturated rings. The van der Waals surface area contributed by atoms with Crippen molar-refractivity contribution in [1.29, 1.82) is 0 Å². The largest absolute Gasteiger partial charge is 0.391 e. The van der Waals surface area contributed by atoms with Crippen molar-refractivity contribution in [3.05, 3.63) is 84.2 Å². The molecule has 3 amide bonds. The molecular weight excluding hydrogens is 455 g/mol. The molecule has 0 radical (unpaired) electrons. The molecule has 2 atom stereocenters. The van der Waals surface area contributed by atoms with Crippen LogP contribution < -0.4 is 21.4 Å². The Kier molecular flexibility index (Phi) is 8.49. The molecule has 3 rings (SSSR count). The maximum atomic E-state index is 12.9. The minimum atomic E-state index is -1.30. The molecule has 35 heavy (non-hydrogen) atoms. The lowest BCUT2D eigenvalue weighted by atomic mass is 10.0. The molecule has 0 saturated carbocycles. The second-order valence-corrected chi connectivity index (χ2v) is 7.73. The number of anilines is 2. The predicted molar refractivity (Wildman–Crippen MR) is 128 cm³/mol. The van der Waals surface area contributed by atoms with Gasteiger partial charge in [0.25, 0.3) is 11.8 Å². The van der Waals surface area contributed by atoms with Gasteiger partial charge in [-0.2, -0.15) is 0 Å². The van der Waals surface area contributed by atoms with Crippen molar-refractivity contribution in [2.75, 3.05) is 17.2 Å². The first kappa shape index (κ1) is 25.3. The van der Waals surface area contributed by atoms with Crippen molar-refractivity contribution in [3.63, 3.8) is 0 Å². The first-order valence-corrected chi connectivity index (χ1v) is 10.7. The number of carbonyl (C=O) groups is 3. The van der Waals surface area contributed by atoms with E-state index in [2.05, 4.69) is 16.0 Å². The molecule has 0 aliphatic rings. The Balaban J connectivity index is 1.57. The highest BCUT2D eigenvalue weighted by Gasteiger charge is 2.25. The lowest BCUT2D eigenvalue weighted by molar-refractivity contribution is -0.133. The van der Waals surface area contributed by atoms with Gasteiger partial charge < -0.3 is 21.1 Å². The lowest BCUT2D eigenvalue weighted by Crippen LogP contribution is -2.51. The van der Waals surface area contributed by atoms with Gasteiger partial charge in [0.2, 0.25) is 5.91 Å². The smallest absolute Gasteiger partial charge is 0.268 e. The molecule has 0 bridgehead atoms. The van der Waals surface area contributed by atoms with Crippen LogP contribution in [0, 0.1) is 5.82 Å². The second kappa shape index (κ2) is 11.7. The summed E-state index contributed by atoms with van der Waals surface area (Å²) in [5.41, 5.74) is 4.57. The van der Waals surface area contributed by atoms with E-state index in [4.69, 9.17) is 5.21 Å². The molecule has 10 heteroatoms. The zero-order valence-electron chi connectivity index (χ0n) is 18.8. The number of hydroxylamine groups is 1. The molecular formula is C25H25FN4O5. The van der Waals surface area contributed by atoms with E-state index >= 15 is 0 Å². The minimum Gasteiger partial charge on any atom is -0.391 e. The highest BCUT2D eigenvalue weighted by Crippen LogP contribution is 2.22. The van der Waals surface area contributed by atoms with Gasteiger partial charge in [-0.15, -0.1) is 0 Å². The van der Waals surface area contributed by atoms with Crippen molar-refractivity contribution in [3.8, 4) is 11.1 Å². The van der Waals surface area contributed by atoms with Crippen molar-refractivity contribution in [1.82, 2.24) is 10.8 Å². The van der Waals surface area contributed by atoms with Crippen LogP contribution in [0.3, 0.4) is 0 Å². The van der Waals surface area contributed by atoms with Crippen LogP contribution >= 0.6 is 0 Å². The van der Waals surface area contributed by atoms with Gasteiger partial charge in [0.1, 0.15) is 11.9 Å². The topological polar surface area (TPSA) is 140 Å². The average molecular weight is 480 g/mol. The van der Waals surface area contributed by atoms with E-state index in [9.17, 15) is 23.9 Å². The van der Waals surface area contributed by atoms with E-state index in [1.54, 1.807) is 48.5 Å². The van der Waals surface area contributed by atoms with Crippen LogP contribution in [0.1, 0.15) is 17.3 Å². The Morgan fingerprint density at radius 3 is 1.94 bits per heavy atom. The fourth-order valence-electron chi connectivity index (χ4n) is 3.21. The zero-order chi connectivity index (χ0) is 25.4. The first-order valence-electron chi connectivity index (χ1n) is 10.7. The van der Waals surface area contributed by atoms with Crippen LogP contribution in [0.5, 0.6) is 0 Å². The fourth-order valence-corrected chi connectivity index (χ4v) is 3.21.